The van der Waals surface area contributed by atoms with Gasteiger partial charge in [0.05, 0.1) is 13.2 Å². The Bertz CT molecular complexity index is 1250. The zero-order valence-corrected chi connectivity index (χ0v) is 19.2. The lowest BCUT2D eigenvalue weighted by atomic mass is 9.93. The van der Waals surface area contributed by atoms with E-state index in [-0.39, 0.29) is 36.8 Å². The van der Waals surface area contributed by atoms with Crippen LogP contribution in [0.15, 0.2) is 54.6 Å². The Labute approximate surface area is 196 Å². The Hall–Kier alpha value is -4.01. The van der Waals surface area contributed by atoms with Gasteiger partial charge in [0.1, 0.15) is 17.1 Å². The highest BCUT2D eigenvalue weighted by Gasteiger charge is 2.49. The third kappa shape index (κ3) is 4.28. The van der Waals surface area contributed by atoms with Gasteiger partial charge in [0.25, 0.3) is 5.91 Å². The normalized spacial score (nSPS) is 17.3. The lowest BCUT2D eigenvalue weighted by molar-refractivity contribution is -0.126. The molecule has 9 heteroatoms. The van der Waals surface area contributed by atoms with Crippen molar-refractivity contribution < 1.29 is 23.5 Å². The van der Waals surface area contributed by atoms with Crippen molar-refractivity contribution in [2.24, 2.45) is 0 Å². The minimum absolute atomic E-state index is 0.0336. The van der Waals surface area contributed by atoms with Crippen molar-refractivity contribution in [2.75, 3.05) is 11.5 Å². The maximum Gasteiger partial charge on any atom is 0.358 e. The van der Waals surface area contributed by atoms with Crippen LogP contribution in [-0.4, -0.2) is 39.7 Å². The molecule has 1 aliphatic rings. The van der Waals surface area contributed by atoms with Crippen molar-refractivity contribution in [3.05, 3.63) is 82.9 Å². The number of hydrogen-bond acceptors (Lipinski definition) is 5. The molecule has 0 aliphatic carbocycles. The quantitative estimate of drug-likeness (QED) is 0.566. The molecule has 0 saturated heterocycles. The maximum atomic E-state index is 14.1. The second-order valence-corrected chi connectivity index (χ2v) is 8.36. The fourth-order valence-electron chi connectivity index (χ4n) is 3.98. The molecule has 8 nitrogen and oxygen atoms in total. The summed E-state index contributed by atoms with van der Waals surface area (Å²) >= 11 is 0. The van der Waals surface area contributed by atoms with Gasteiger partial charge in [-0.15, -0.1) is 0 Å². The van der Waals surface area contributed by atoms with Crippen LogP contribution in [0, 0.1) is 12.7 Å². The number of carbonyl (C=O) groups is 3. The van der Waals surface area contributed by atoms with E-state index < -0.39 is 29.1 Å². The molecule has 2 heterocycles. The van der Waals surface area contributed by atoms with E-state index in [9.17, 15) is 18.8 Å². The summed E-state index contributed by atoms with van der Waals surface area (Å²) in [6, 6.07) is 14.5. The molecule has 1 aromatic heterocycles. The Kier molecular flexibility index (Phi) is 6.19. The third-order valence-electron chi connectivity index (χ3n) is 5.77. The van der Waals surface area contributed by atoms with Gasteiger partial charge in [-0.05, 0) is 44.5 Å². The fourth-order valence-corrected chi connectivity index (χ4v) is 3.98. The van der Waals surface area contributed by atoms with E-state index in [1.807, 2.05) is 31.2 Å². The van der Waals surface area contributed by atoms with Crippen LogP contribution < -0.4 is 10.2 Å². The predicted molar refractivity (Wildman–Crippen MR) is 123 cm³/mol. The van der Waals surface area contributed by atoms with Crippen LogP contribution in [0.2, 0.25) is 0 Å². The van der Waals surface area contributed by atoms with Crippen molar-refractivity contribution in [1.29, 1.82) is 0 Å². The van der Waals surface area contributed by atoms with Crippen LogP contribution in [0.5, 0.6) is 0 Å². The Morgan fingerprint density at radius 1 is 1.18 bits per heavy atom. The number of hydrogen-bond donors (Lipinski definition) is 1. The molecule has 0 bridgehead atoms. The van der Waals surface area contributed by atoms with E-state index in [1.54, 1.807) is 19.9 Å². The second-order valence-electron chi connectivity index (χ2n) is 8.36. The summed E-state index contributed by atoms with van der Waals surface area (Å²) in [4.78, 5) is 40.5. The summed E-state index contributed by atoms with van der Waals surface area (Å²) in [6.45, 7) is 5.60. The maximum absolute atomic E-state index is 14.1. The summed E-state index contributed by atoms with van der Waals surface area (Å²) in [5.41, 5.74) is 0.848. The number of nitrogens with one attached hydrogen (secondary N) is 1. The number of aryl methyl sites for hydroxylation is 1. The van der Waals surface area contributed by atoms with Crippen LogP contribution in [0.25, 0.3) is 0 Å². The molecule has 0 fully saturated rings. The Morgan fingerprint density at radius 2 is 1.91 bits per heavy atom. The van der Waals surface area contributed by atoms with E-state index in [4.69, 9.17) is 4.74 Å². The first-order valence-electron chi connectivity index (χ1n) is 10.9. The summed E-state index contributed by atoms with van der Waals surface area (Å²) in [6.07, 6.45) is 0. The number of rotatable bonds is 6. The lowest BCUT2D eigenvalue weighted by Gasteiger charge is -2.43. The second kappa shape index (κ2) is 9.09. The van der Waals surface area contributed by atoms with Crippen molar-refractivity contribution in [3.63, 3.8) is 0 Å². The highest BCUT2D eigenvalue weighted by molar-refractivity contribution is 6.12. The average molecular weight is 464 g/mol. The molecule has 1 N–H and O–H groups in total. The number of nitrogens with zero attached hydrogens (tertiary/aromatic N) is 3. The highest BCUT2D eigenvalue weighted by atomic mass is 19.1. The molecule has 1 unspecified atom stereocenters. The van der Waals surface area contributed by atoms with E-state index in [1.165, 1.54) is 33.8 Å². The Morgan fingerprint density at radius 3 is 2.59 bits per heavy atom. The number of anilines is 1. The zero-order valence-electron chi connectivity index (χ0n) is 19.2. The van der Waals surface area contributed by atoms with Crippen molar-refractivity contribution in [1.82, 2.24) is 15.1 Å². The van der Waals surface area contributed by atoms with Gasteiger partial charge < -0.3 is 10.1 Å². The number of carbonyl (C=O) groups excluding carboxylic acids is 3. The number of amides is 2. The van der Waals surface area contributed by atoms with Crippen molar-refractivity contribution >= 4 is 23.5 Å². The molecule has 2 aromatic carbocycles. The van der Waals surface area contributed by atoms with E-state index in [0.717, 1.165) is 11.1 Å². The number of esters is 1. The molecule has 34 heavy (non-hydrogen) atoms. The standard InChI is InChI=1S/C25H25FN4O4/c1-4-34-23(32)20-13-21-22(31)30(19-7-5-6-18(26)12-19)25(3,15-29(21)28-20)24(33)27-14-17-10-8-16(2)9-11-17/h5-13H,4,14-15H2,1-3H3,(H,27,33). The first kappa shape index (κ1) is 23.2. The van der Waals surface area contributed by atoms with Gasteiger partial charge in [-0.3, -0.25) is 19.2 Å². The average Bonchev–Trinajstić information content (AvgIpc) is 3.23. The SMILES string of the molecule is CCOC(=O)c1cc2n(n1)CC(C)(C(=O)NCc1ccc(C)cc1)N(c1cccc(F)c1)C2=O. The molecular formula is C25H25FN4O4. The minimum atomic E-state index is -1.44. The first-order chi connectivity index (χ1) is 16.2. The van der Waals surface area contributed by atoms with Gasteiger partial charge in [-0.1, -0.05) is 35.9 Å². The predicted octanol–water partition coefficient (Wildman–Crippen LogP) is 3.24. The summed E-state index contributed by atoms with van der Waals surface area (Å²) < 4.78 is 20.4. The van der Waals surface area contributed by atoms with Gasteiger partial charge in [0.15, 0.2) is 5.69 Å². The number of benzene rings is 2. The topological polar surface area (TPSA) is 93.5 Å². The summed E-state index contributed by atoms with van der Waals surface area (Å²) in [5, 5.41) is 7.10. The molecule has 0 saturated carbocycles. The molecule has 176 valence electrons. The van der Waals surface area contributed by atoms with E-state index in [2.05, 4.69) is 10.4 Å². The monoisotopic (exact) mass is 464 g/mol. The van der Waals surface area contributed by atoms with Gasteiger partial charge >= 0.3 is 5.97 Å². The van der Waals surface area contributed by atoms with Gasteiger partial charge in [-0.2, -0.15) is 5.10 Å². The highest BCUT2D eigenvalue weighted by Crippen LogP contribution is 2.33. The fraction of sp³-hybridized carbons (Fsp3) is 0.280. The van der Waals surface area contributed by atoms with Crippen molar-refractivity contribution in [2.45, 2.75) is 39.4 Å². The first-order valence-corrected chi connectivity index (χ1v) is 10.9. The summed E-state index contributed by atoms with van der Waals surface area (Å²) in [7, 11) is 0. The van der Waals surface area contributed by atoms with Gasteiger partial charge in [0.2, 0.25) is 5.91 Å². The van der Waals surface area contributed by atoms with Crippen LogP contribution in [0.4, 0.5) is 10.1 Å². The van der Waals surface area contributed by atoms with Gasteiger partial charge in [-0.25, -0.2) is 9.18 Å². The molecule has 3 aromatic rings. The Balaban J connectivity index is 1.71. The molecule has 2 amide bonds. The molecule has 1 atom stereocenters. The summed E-state index contributed by atoms with van der Waals surface area (Å²) in [5.74, 6) is -2.23. The number of ether oxygens (including phenoxy) is 1. The minimum Gasteiger partial charge on any atom is -0.461 e. The smallest absolute Gasteiger partial charge is 0.358 e. The molecule has 1 aliphatic heterocycles. The lowest BCUT2D eigenvalue weighted by Crippen LogP contribution is -2.64. The van der Waals surface area contributed by atoms with Crippen molar-refractivity contribution in [3.8, 4) is 0 Å². The molecule has 0 spiro atoms. The zero-order chi connectivity index (χ0) is 24.5. The molecule has 4 rings (SSSR count). The van der Waals surface area contributed by atoms with Crippen LogP contribution in [0.1, 0.15) is 46.0 Å². The molecule has 0 radical (unpaired) electrons. The third-order valence-corrected chi connectivity index (χ3v) is 5.77. The van der Waals surface area contributed by atoms with Crippen LogP contribution >= 0.6 is 0 Å². The van der Waals surface area contributed by atoms with E-state index >= 15 is 0 Å². The number of aromatic nitrogens is 2. The number of halogens is 1. The largest absolute Gasteiger partial charge is 0.461 e. The van der Waals surface area contributed by atoms with Crippen LogP contribution in [-0.2, 0) is 22.6 Å². The van der Waals surface area contributed by atoms with Gasteiger partial charge in [0, 0.05) is 18.3 Å². The van der Waals surface area contributed by atoms with Crippen LogP contribution in [0.3, 0.4) is 0 Å². The van der Waals surface area contributed by atoms with E-state index in [0.29, 0.717) is 0 Å². The number of fused-ring (bicyclic) bond motifs is 1. The molecular weight excluding hydrogens is 439 g/mol.